The lowest BCUT2D eigenvalue weighted by Crippen LogP contribution is -2.18. The Labute approximate surface area is 95.1 Å². The molecule has 0 amide bonds. The largest absolute Gasteiger partial charge is 0.507 e. The first-order chi connectivity index (χ1) is 7.81. The predicted molar refractivity (Wildman–Crippen MR) is 67.2 cm³/mol. The minimum Gasteiger partial charge on any atom is -0.507 e. The minimum atomic E-state index is 0.398. The smallest absolute Gasteiger partial charge is 0.125 e. The van der Waals surface area contributed by atoms with Gasteiger partial charge in [0, 0.05) is 30.2 Å². The summed E-state index contributed by atoms with van der Waals surface area (Å²) in [6.07, 6.45) is 1.09. The van der Waals surface area contributed by atoms with Crippen LogP contribution in [0.1, 0.15) is 12.5 Å². The second-order valence-electron chi connectivity index (χ2n) is 4.27. The quantitative estimate of drug-likeness (QED) is 0.787. The van der Waals surface area contributed by atoms with Crippen LogP contribution in [0.3, 0.4) is 0 Å². The third-order valence-electron chi connectivity index (χ3n) is 3.46. The highest BCUT2D eigenvalue weighted by molar-refractivity contribution is 5.96. The van der Waals surface area contributed by atoms with Crippen molar-refractivity contribution < 1.29 is 5.11 Å². The second-order valence-corrected chi connectivity index (χ2v) is 4.27. The zero-order chi connectivity index (χ0) is 11.1. The zero-order valence-corrected chi connectivity index (χ0v) is 9.40. The van der Waals surface area contributed by atoms with E-state index in [2.05, 4.69) is 17.9 Å². The lowest BCUT2D eigenvalue weighted by Gasteiger charge is -2.17. The number of anilines is 1. The molecule has 1 heterocycles. The van der Waals surface area contributed by atoms with Crippen LogP contribution in [0.4, 0.5) is 5.69 Å². The number of nitrogens with zero attached hydrogens (tertiary/aromatic N) is 1. The average Bonchev–Trinajstić information content (AvgIpc) is 2.72. The fourth-order valence-corrected chi connectivity index (χ4v) is 2.64. The van der Waals surface area contributed by atoms with Gasteiger partial charge in [0.2, 0.25) is 0 Å². The van der Waals surface area contributed by atoms with Crippen molar-refractivity contribution >= 4 is 16.5 Å². The molecule has 1 N–H and O–H groups in total. The van der Waals surface area contributed by atoms with Crippen molar-refractivity contribution in [3.05, 3.63) is 35.9 Å². The first-order valence-electron chi connectivity index (χ1n) is 5.80. The Morgan fingerprint density at radius 3 is 2.75 bits per heavy atom. The summed E-state index contributed by atoms with van der Waals surface area (Å²) < 4.78 is 0. The number of fused-ring (bicyclic) bond motifs is 3. The molecule has 82 valence electrons. The number of likely N-dealkylation sites (N-methyl/N-ethyl adjacent to an activating group) is 1. The van der Waals surface area contributed by atoms with Gasteiger partial charge < -0.3 is 10.0 Å². The fraction of sp³-hybridized carbons (Fsp3) is 0.286. The second kappa shape index (κ2) is 3.41. The zero-order valence-electron chi connectivity index (χ0n) is 9.40. The van der Waals surface area contributed by atoms with Crippen LogP contribution in [-0.4, -0.2) is 18.2 Å². The molecule has 2 nitrogen and oxygen atoms in total. The normalized spacial score (nSPS) is 14.4. The molecular formula is C14H15NO. The van der Waals surface area contributed by atoms with Gasteiger partial charge in [-0.3, -0.25) is 0 Å². The van der Waals surface area contributed by atoms with Gasteiger partial charge >= 0.3 is 0 Å². The molecule has 3 rings (SSSR count). The van der Waals surface area contributed by atoms with Gasteiger partial charge in [-0.25, -0.2) is 0 Å². The predicted octanol–water partition coefficient (Wildman–Crippen LogP) is 2.93. The maximum atomic E-state index is 10.0. The summed E-state index contributed by atoms with van der Waals surface area (Å²) in [7, 11) is 0. The molecule has 2 aromatic carbocycles. The van der Waals surface area contributed by atoms with Crippen LogP contribution in [0.25, 0.3) is 10.8 Å². The van der Waals surface area contributed by atoms with E-state index in [9.17, 15) is 5.11 Å². The van der Waals surface area contributed by atoms with E-state index >= 15 is 0 Å². The minimum absolute atomic E-state index is 0.398. The molecule has 0 saturated heterocycles. The Bertz CT molecular complexity index is 548. The lowest BCUT2D eigenvalue weighted by molar-refractivity contribution is 0.481. The highest BCUT2D eigenvalue weighted by Crippen LogP contribution is 2.39. The SMILES string of the molecule is CCN1CCc2c1cc(O)c1ccccc21. The van der Waals surface area contributed by atoms with Crippen LogP contribution in [0.5, 0.6) is 5.75 Å². The van der Waals surface area contributed by atoms with E-state index in [4.69, 9.17) is 0 Å². The van der Waals surface area contributed by atoms with Crippen molar-refractivity contribution in [3.63, 3.8) is 0 Å². The van der Waals surface area contributed by atoms with Gasteiger partial charge in [-0.05, 0) is 24.3 Å². The van der Waals surface area contributed by atoms with E-state index in [1.807, 2.05) is 24.3 Å². The van der Waals surface area contributed by atoms with Crippen molar-refractivity contribution in [1.29, 1.82) is 0 Å². The Balaban J connectivity index is 2.34. The number of benzene rings is 2. The number of phenolic OH excluding ortho intramolecular Hbond substituents is 1. The Kier molecular flexibility index (Phi) is 2.03. The summed E-state index contributed by atoms with van der Waals surface area (Å²) in [5.74, 6) is 0.398. The molecule has 2 heteroatoms. The number of aromatic hydroxyl groups is 1. The molecule has 0 radical (unpaired) electrons. The van der Waals surface area contributed by atoms with Crippen molar-refractivity contribution in [2.75, 3.05) is 18.0 Å². The van der Waals surface area contributed by atoms with Crippen LogP contribution >= 0.6 is 0 Å². The highest BCUT2D eigenvalue weighted by Gasteiger charge is 2.21. The van der Waals surface area contributed by atoms with E-state index in [-0.39, 0.29) is 0 Å². The van der Waals surface area contributed by atoms with Crippen LogP contribution < -0.4 is 4.90 Å². The third-order valence-corrected chi connectivity index (χ3v) is 3.46. The molecule has 0 fully saturated rings. The number of rotatable bonds is 1. The maximum absolute atomic E-state index is 10.0. The van der Waals surface area contributed by atoms with Gasteiger partial charge in [0.25, 0.3) is 0 Å². The van der Waals surface area contributed by atoms with Crippen LogP contribution in [0.15, 0.2) is 30.3 Å². The molecule has 1 aliphatic heterocycles. The maximum Gasteiger partial charge on any atom is 0.125 e. The van der Waals surface area contributed by atoms with E-state index in [1.165, 1.54) is 16.6 Å². The number of phenols is 1. The monoisotopic (exact) mass is 213 g/mol. The summed E-state index contributed by atoms with van der Waals surface area (Å²) in [4.78, 5) is 2.32. The topological polar surface area (TPSA) is 23.5 Å². The molecular weight excluding hydrogens is 198 g/mol. The van der Waals surface area contributed by atoms with E-state index < -0.39 is 0 Å². The summed E-state index contributed by atoms with van der Waals surface area (Å²) in [6, 6.07) is 10.0. The van der Waals surface area contributed by atoms with E-state index in [1.54, 1.807) is 0 Å². The van der Waals surface area contributed by atoms with Gasteiger partial charge in [0.1, 0.15) is 5.75 Å². The van der Waals surface area contributed by atoms with Crippen molar-refractivity contribution in [2.24, 2.45) is 0 Å². The molecule has 0 unspecified atom stereocenters. The van der Waals surface area contributed by atoms with Crippen molar-refractivity contribution in [1.82, 2.24) is 0 Å². The van der Waals surface area contributed by atoms with E-state index in [0.717, 1.165) is 24.9 Å². The summed E-state index contributed by atoms with van der Waals surface area (Å²) in [5, 5.41) is 12.2. The molecule has 0 bridgehead atoms. The van der Waals surface area contributed by atoms with Crippen molar-refractivity contribution in [2.45, 2.75) is 13.3 Å². The third kappa shape index (κ3) is 1.19. The first-order valence-corrected chi connectivity index (χ1v) is 5.80. The van der Waals surface area contributed by atoms with Crippen LogP contribution in [0.2, 0.25) is 0 Å². The molecule has 2 aromatic rings. The molecule has 0 spiro atoms. The summed E-state index contributed by atoms with van der Waals surface area (Å²) in [5.41, 5.74) is 2.59. The van der Waals surface area contributed by atoms with Gasteiger partial charge in [0.15, 0.2) is 0 Å². The summed E-state index contributed by atoms with van der Waals surface area (Å²) >= 11 is 0. The fourth-order valence-electron chi connectivity index (χ4n) is 2.64. The highest BCUT2D eigenvalue weighted by atomic mass is 16.3. The first kappa shape index (κ1) is 9.52. The van der Waals surface area contributed by atoms with Crippen LogP contribution in [0, 0.1) is 0 Å². The van der Waals surface area contributed by atoms with Gasteiger partial charge in [-0.1, -0.05) is 24.3 Å². The molecule has 16 heavy (non-hydrogen) atoms. The molecule has 1 aliphatic rings. The van der Waals surface area contributed by atoms with E-state index in [0.29, 0.717) is 5.75 Å². The van der Waals surface area contributed by atoms with Gasteiger partial charge in [-0.2, -0.15) is 0 Å². The molecule has 0 atom stereocenters. The van der Waals surface area contributed by atoms with Gasteiger partial charge in [0.05, 0.1) is 0 Å². The number of hydrogen-bond acceptors (Lipinski definition) is 2. The molecule has 0 aromatic heterocycles. The average molecular weight is 213 g/mol. The molecule has 0 aliphatic carbocycles. The summed E-state index contributed by atoms with van der Waals surface area (Å²) in [6.45, 7) is 4.23. The van der Waals surface area contributed by atoms with Crippen molar-refractivity contribution in [3.8, 4) is 5.75 Å². The van der Waals surface area contributed by atoms with Gasteiger partial charge in [-0.15, -0.1) is 0 Å². The standard InChI is InChI=1S/C14H15NO/c1-2-15-8-7-11-10-5-3-4-6-12(10)14(16)9-13(11)15/h3-6,9,16H,2,7-8H2,1H3. The lowest BCUT2D eigenvalue weighted by atomic mass is 10.0. The Morgan fingerprint density at radius 1 is 1.25 bits per heavy atom. The molecule has 0 saturated carbocycles. The Hall–Kier alpha value is -1.70. The number of hydrogen-bond donors (Lipinski definition) is 1. The van der Waals surface area contributed by atoms with Crippen LogP contribution in [-0.2, 0) is 6.42 Å². The Morgan fingerprint density at radius 2 is 2.00 bits per heavy atom.